The molecule has 1 amide bonds. The molecule has 1 fully saturated rings. The van der Waals surface area contributed by atoms with Crippen molar-refractivity contribution in [1.82, 2.24) is 10.3 Å². The predicted octanol–water partition coefficient (Wildman–Crippen LogP) is 3.60. The molecule has 1 aromatic heterocycles. The molecule has 1 aliphatic carbocycles. The molecule has 2 aromatic rings. The highest BCUT2D eigenvalue weighted by Gasteiger charge is 2.21. The smallest absolute Gasteiger partial charge is 0.223 e. The van der Waals surface area contributed by atoms with Crippen molar-refractivity contribution in [2.75, 3.05) is 6.54 Å². The maximum absolute atomic E-state index is 12.0. The summed E-state index contributed by atoms with van der Waals surface area (Å²) in [4.78, 5) is 16.7. The van der Waals surface area contributed by atoms with E-state index in [-0.39, 0.29) is 11.8 Å². The van der Waals surface area contributed by atoms with Crippen LogP contribution in [0.4, 0.5) is 0 Å². The fourth-order valence-electron chi connectivity index (χ4n) is 3.03. The van der Waals surface area contributed by atoms with Gasteiger partial charge in [-0.1, -0.05) is 49.2 Å². The molecule has 3 heteroatoms. The van der Waals surface area contributed by atoms with Gasteiger partial charge in [0.2, 0.25) is 5.91 Å². The van der Waals surface area contributed by atoms with Crippen LogP contribution in [0.1, 0.15) is 31.4 Å². The first-order chi connectivity index (χ1) is 10.8. The van der Waals surface area contributed by atoms with Crippen LogP contribution >= 0.6 is 0 Å². The van der Waals surface area contributed by atoms with Crippen molar-refractivity contribution in [1.29, 1.82) is 0 Å². The number of carbonyl (C=O) groups is 1. The van der Waals surface area contributed by atoms with Crippen LogP contribution in [0, 0.1) is 5.92 Å². The molecule has 22 heavy (non-hydrogen) atoms. The van der Waals surface area contributed by atoms with Gasteiger partial charge in [-0.3, -0.25) is 9.78 Å². The topological polar surface area (TPSA) is 42.0 Å². The number of nitrogens with zero attached hydrogens (tertiary/aromatic N) is 1. The normalized spacial score (nSPS) is 14.9. The van der Waals surface area contributed by atoms with Crippen molar-refractivity contribution in [3.63, 3.8) is 0 Å². The van der Waals surface area contributed by atoms with Crippen LogP contribution < -0.4 is 5.32 Å². The minimum Gasteiger partial charge on any atom is -0.355 e. The van der Waals surface area contributed by atoms with Crippen LogP contribution in [0.15, 0.2) is 48.5 Å². The molecule has 0 spiro atoms. The molecule has 0 radical (unpaired) electrons. The minimum atomic E-state index is 0.219. The molecule has 0 saturated heterocycles. The maximum atomic E-state index is 12.0. The Morgan fingerprint density at radius 2 is 1.82 bits per heavy atom. The molecule has 1 aromatic carbocycles. The number of carbonyl (C=O) groups excluding carboxylic acids is 1. The lowest BCUT2D eigenvalue weighted by Gasteiger charge is -2.10. The average molecular weight is 294 g/mol. The highest BCUT2D eigenvalue weighted by molar-refractivity contribution is 5.78. The van der Waals surface area contributed by atoms with Crippen LogP contribution in [-0.2, 0) is 11.2 Å². The third-order valence-corrected chi connectivity index (χ3v) is 4.28. The quantitative estimate of drug-likeness (QED) is 0.915. The average Bonchev–Trinajstić information content (AvgIpc) is 3.10. The molecule has 114 valence electrons. The van der Waals surface area contributed by atoms with Gasteiger partial charge in [-0.25, -0.2) is 0 Å². The summed E-state index contributed by atoms with van der Waals surface area (Å²) in [5, 5.41) is 3.05. The van der Waals surface area contributed by atoms with E-state index in [0.717, 1.165) is 36.2 Å². The molecule has 0 unspecified atom stereocenters. The third kappa shape index (κ3) is 3.73. The Morgan fingerprint density at radius 3 is 2.59 bits per heavy atom. The van der Waals surface area contributed by atoms with Gasteiger partial charge in [0.1, 0.15) is 0 Å². The molecular weight excluding hydrogens is 272 g/mol. The van der Waals surface area contributed by atoms with Gasteiger partial charge in [0, 0.05) is 30.1 Å². The van der Waals surface area contributed by atoms with E-state index < -0.39 is 0 Å². The van der Waals surface area contributed by atoms with Crippen LogP contribution in [0.25, 0.3) is 11.3 Å². The zero-order valence-corrected chi connectivity index (χ0v) is 12.8. The van der Waals surface area contributed by atoms with Gasteiger partial charge in [0.05, 0.1) is 5.69 Å². The molecule has 0 aliphatic heterocycles. The second kappa shape index (κ2) is 7.21. The predicted molar refractivity (Wildman–Crippen MR) is 88.3 cm³/mol. The second-order valence-electron chi connectivity index (χ2n) is 5.90. The molecule has 0 atom stereocenters. The monoisotopic (exact) mass is 294 g/mol. The van der Waals surface area contributed by atoms with Crippen molar-refractivity contribution >= 4 is 5.91 Å². The summed E-state index contributed by atoms with van der Waals surface area (Å²) >= 11 is 0. The Morgan fingerprint density at radius 1 is 1.05 bits per heavy atom. The van der Waals surface area contributed by atoms with Crippen molar-refractivity contribution in [2.45, 2.75) is 32.1 Å². The Bertz CT molecular complexity index is 618. The number of hydrogen-bond acceptors (Lipinski definition) is 2. The van der Waals surface area contributed by atoms with Gasteiger partial charge in [-0.05, 0) is 25.0 Å². The number of rotatable bonds is 5. The molecule has 1 heterocycles. The van der Waals surface area contributed by atoms with Gasteiger partial charge >= 0.3 is 0 Å². The van der Waals surface area contributed by atoms with Gasteiger partial charge in [-0.2, -0.15) is 0 Å². The molecular formula is C19H22N2O. The first kappa shape index (κ1) is 14.8. The number of benzene rings is 1. The Kier molecular flexibility index (Phi) is 4.84. The summed E-state index contributed by atoms with van der Waals surface area (Å²) < 4.78 is 0. The van der Waals surface area contributed by atoms with Crippen LogP contribution in [0.5, 0.6) is 0 Å². The van der Waals surface area contributed by atoms with Crippen molar-refractivity contribution in [3.05, 3.63) is 54.2 Å². The molecule has 0 bridgehead atoms. The van der Waals surface area contributed by atoms with E-state index in [9.17, 15) is 4.79 Å². The summed E-state index contributed by atoms with van der Waals surface area (Å²) in [6.07, 6.45) is 5.26. The number of aromatic nitrogens is 1. The fraction of sp³-hybridized carbons (Fsp3) is 0.368. The maximum Gasteiger partial charge on any atom is 0.223 e. The molecule has 3 rings (SSSR count). The summed E-state index contributed by atoms with van der Waals surface area (Å²) in [5.74, 6) is 0.459. The highest BCUT2D eigenvalue weighted by atomic mass is 16.1. The van der Waals surface area contributed by atoms with E-state index in [0.29, 0.717) is 6.54 Å². The Balaban J connectivity index is 1.56. The molecule has 1 N–H and O–H groups in total. The number of pyridine rings is 1. The first-order valence-corrected chi connectivity index (χ1v) is 8.12. The minimum absolute atomic E-state index is 0.219. The zero-order chi connectivity index (χ0) is 15.2. The molecule has 1 aliphatic rings. The van der Waals surface area contributed by atoms with Gasteiger partial charge in [0.15, 0.2) is 0 Å². The van der Waals surface area contributed by atoms with Crippen molar-refractivity contribution < 1.29 is 4.79 Å². The zero-order valence-electron chi connectivity index (χ0n) is 12.8. The van der Waals surface area contributed by atoms with Gasteiger partial charge < -0.3 is 5.32 Å². The largest absolute Gasteiger partial charge is 0.355 e. The van der Waals surface area contributed by atoms with E-state index in [4.69, 9.17) is 0 Å². The number of amides is 1. The molecule has 3 nitrogen and oxygen atoms in total. The summed E-state index contributed by atoms with van der Waals surface area (Å²) in [7, 11) is 0. The standard InChI is InChI=1S/C19H22N2O/c22-19(16-9-4-5-10-16)20-14-13-17-11-6-12-18(21-17)15-7-2-1-3-8-15/h1-3,6-8,11-12,16H,4-5,9-10,13-14H2,(H,20,22). The summed E-state index contributed by atoms with van der Waals surface area (Å²) in [5.41, 5.74) is 3.13. The Hall–Kier alpha value is -2.16. The lowest BCUT2D eigenvalue weighted by atomic mass is 10.1. The van der Waals surface area contributed by atoms with Crippen LogP contribution in [0.2, 0.25) is 0 Å². The lowest BCUT2D eigenvalue weighted by molar-refractivity contribution is -0.124. The van der Waals surface area contributed by atoms with Gasteiger partial charge in [0.25, 0.3) is 0 Å². The number of hydrogen-bond donors (Lipinski definition) is 1. The second-order valence-corrected chi connectivity index (χ2v) is 5.90. The highest BCUT2D eigenvalue weighted by Crippen LogP contribution is 2.24. The Labute approximate surface area is 131 Å². The third-order valence-electron chi connectivity index (χ3n) is 4.28. The van der Waals surface area contributed by atoms with E-state index >= 15 is 0 Å². The first-order valence-electron chi connectivity index (χ1n) is 8.12. The SMILES string of the molecule is O=C(NCCc1cccc(-c2ccccc2)n1)C1CCCC1. The summed E-state index contributed by atoms with van der Waals surface area (Å²) in [6.45, 7) is 0.667. The van der Waals surface area contributed by atoms with Gasteiger partial charge in [-0.15, -0.1) is 0 Å². The van der Waals surface area contributed by atoms with E-state index in [1.165, 1.54) is 12.8 Å². The molecule has 1 saturated carbocycles. The summed E-state index contributed by atoms with van der Waals surface area (Å²) in [6, 6.07) is 16.2. The van der Waals surface area contributed by atoms with E-state index in [1.807, 2.05) is 36.4 Å². The van der Waals surface area contributed by atoms with Crippen LogP contribution in [0.3, 0.4) is 0 Å². The fourth-order valence-corrected chi connectivity index (χ4v) is 3.03. The lowest BCUT2D eigenvalue weighted by Crippen LogP contribution is -2.31. The number of nitrogens with one attached hydrogen (secondary N) is 1. The van der Waals surface area contributed by atoms with Crippen molar-refractivity contribution in [3.8, 4) is 11.3 Å². The van der Waals surface area contributed by atoms with E-state index in [2.05, 4.69) is 22.4 Å². The van der Waals surface area contributed by atoms with Crippen molar-refractivity contribution in [2.24, 2.45) is 5.92 Å². The van der Waals surface area contributed by atoms with Crippen LogP contribution in [-0.4, -0.2) is 17.4 Å². The van der Waals surface area contributed by atoms with E-state index in [1.54, 1.807) is 0 Å².